The highest BCUT2D eigenvalue weighted by Crippen LogP contribution is 2.26. The number of amides is 1. The summed E-state index contributed by atoms with van der Waals surface area (Å²) >= 11 is 0. The van der Waals surface area contributed by atoms with E-state index < -0.39 is 24.6 Å². The molecule has 0 saturated carbocycles. The number of alkyl halides is 5. The van der Waals surface area contributed by atoms with Gasteiger partial charge in [-0.1, -0.05) is 18.2 Å². The molecule has 0 unspecified atom stereocenters. The molecule has 4 nitrogen and oxygen atoms in total. The first kappa shape index (κ1) is 18.5. The number of hydrogen-bond acceptors (Lipinski definition) is 3. The average Bonchev–Trinajstić information content (AvgIpc) is 2.52. The lowest BCUT2D eigenvalue weighted by atomic mass is 10.1. The SMILES string of the molecule is O=C(NCc1ccccc1OC(F)(F)F)c1ccc(OC(F)F)cc1. The third-order valence-electron chi connectivity index (χ3n) is 2.98. The Morgan fingerprint density at radius 2 is 1.68 bits per heavy atom. The highest BCUT2D eigenvalue weighted by molar-refractivity contribution is 5.94. The number of rotatable bonds is 6. The van der Waals surface area contributed by atoms with Gasteiger partial charge in [0.1, 0.15) is 11.5 Å². The standard InChI is InChI=1S/C16H12F5NO3/c17-15(18)24-12-7-5-10(6-8-12)14(23)22-9-11-3-1-2-4-13(11)25-16(19,20)21/h1-8,15H,9H2,(H,22,23). The molecule has 2 rings (SSSR count). The van der Waals surface area contributed by atoms with Crippen molar-refractivity contribution in [1.29, 1.82) is 0 Å². The van der Waals surface area contributed by atoms with Gasteiger partial charge in [0, 0.05) is 17.7 Å². The van der Waals surface area contributed by atoms with Gasteiger partial charge in [-0.3, -0.25) is 4.79 Å². The zero-order valence-electron chi connectivity index (χ0n) is 12.5. The monoisotopic (exact) mass is 361 g/mol. The Bertz CT molecular complexity index is 716. The summed E-state index contributed by atoms with van der Waals surface area (Å²) < 4.78 is 69.2. The number of ether oxygens (including phenoxy) is 2. The minimum absolute atomic E-state index is 0.115. The third-order valence-corrected chi connectivity index (χ3v) is 2.98. The second-order valence-electron chi connectivity index (χ2n) is 4.74. The van der Waals surface area contributed by atoms with Crippen molar-refractivity contribution < 1.29 is 36.2 Å². The molecule has 134 valence electrons. The van der Waals surface area contributed by atoms with Crippen molar-refractivity contribution in [1.82, 2.24) is 5.32 Å². The molecule has 1 N–H and O–H groups in total. The van der Waals surface area contributed by atoms with Crippen LogP contribution in [0.5, 0.6) is 11.5 Å². The lowest BCUT2D eigenvalue weighted by Gasteiger charge is -2.13. The molecule has 0 radical (unpaired) electrons. The molecule has 0 atom stereocenters. The van der Waals surface area contributed by atoms with Crippen LogP contribution in [0.25, 0.3) is 0 Å². The van der Waals surface area contributed by atoms with Crippen molar-refractivity contribution in [3.8, 4) is 11.5 Å². The normalized spacial score (nSPS) is 11.3. The van der Waals surface area contributed by atoms with Crippen LogP contribution in [-0.4, -0.2) is 18.9 Å². The van der Waals surface area contributed by atoms with Gasteiger partial charge in [-0.25, -0.2) is 0 Å². The molecule has 0 bridgehead atoms. The van der Waals surface area contributed by atoms with E-state index in [9.17, 15) is 26.7 Å². The van der Waals surface area contributed by atoms with Crippen LogP contribution in [-0.2, 0) is 6.54 Å². The Kier molecular flexibility index (Phi) is 5.79. The summed E-state index contributed by atoms with van der Waals surface area (Å²) in [6, 6.07) is 10.3. The van der Waals surface area contributed by atoms with E-state index in [1.165, 1.54) is 42.5 Å². The topological polar surface area (TPSA) is 47.6 Å². The van der Waals surface area contributed by atoms with Gasteiger partial charge in [0.05, 0.1) is 0 Å². The first-order valence-electron chi connectivity index (χ1n) is 6.91. The Balaban J connectivity index is 2.00. The highest BCUT2D eigenvalue weighted by Gasteiger charge is 2.31. The van der Waals surface area contributed by atoms with Crippen LogP contribution in [0.2, 0.25) is 0 Å². The molecular formula is C16H12F5NO3. The van der Waals surface area contributed by atoms with Gasteiger partial charge >= 0.3 is 13.0 Å². The molecule has 0 aliphatic carbocycles. The molecule has 0 aliphatic rings. The Labute approximate surface area is 139 Å². The van der Waals surface area contributed by atoms with E-state index in [-0.39, 0.29) is 23.4 Å². The lowest BCUT2D eigenvalue weighted by molar-refractivity contribution is -0.274. The fourth-order valence-corrected chi connectivity index (χ4v) is 1.94. The second-order valence-corrected chi connectivity index (χ2v) is 4.74. The van der Waals surface area contributed by atoms with Crippen LogP contribution in [0.3, 0.4) is 0 Å². The number of carbonyl (C=O) groups is 1. The zero-order valence-corrected chi connectivity index (χ0v) is 12.5. The predicted molar refractivity (Wildman–Crippen MR) is 77.4 cm³/mol. The lowest BCUT2D eigenvalue weighted by Crippen LogP contribution is -2.24. The summed E-state index contributed by atoms with van der Waals surface area (Å²) in [4.78, 5) is 12.0. The van der Waals surface area contributed by atoms with E-state index >= 15 is 0 Å². The van der Waals surface area contributed by atoms with E-state index in [0.29, 0.717) is 0 Å². The van der Waals surface area contributed by atoms with Crippen LogP contribution in [0.1, 0.15) is 15.9 Å². The molecule has 0 aliphatic heterocycles. The Hall–Kier alpha value is -2.84. The third kappa shape index (κ3) is 5.94. The summed E-state index contributed by atoms with van der Waals surface area (Å²) in [5.41, 5.74) is 0.265. The number of benzene rings is 2. The fraction of sp³-hybridized carbons (Fsp3) is 0.188. The van der Waals surface area contributed by atoms with E-state index in [4.69, 9.17) is 0 Å². The second kappa shape index (κ2) is 7.82. The number of carbonyl (C=O) groups excluding carboxylic acids is 1. The maximum absolute atomic E-state index is 12.3. The van der Waals surface area contributed by atoms with Gasteiger partial charge in [-0.05, 0) is 30.3 Å². The fourth-order valence-electron chi connectivity index (χ4n) is 1.94. The van der Waals surface area contributed by atoms with Crippen molar-refractivity contribution in [3.63, 3.8) is 0 Å². The molecule has 0 spiro atoms. The highest BCUT2D eigenvalue weighted by atomic mass is 19.4. The Morgan fingerprint density at radius 3 is 2.28 bits per heavy atom. The molecular weight excluding hydrogens is 349 g/mol. The summed E-state index contributed by atoms with van der Waals surface area (Å²) in [6.07, 6.45) is -4.85. The summed E-state index contributed by atoms with van der Waals surface area (Å²) in [5.74, 6) is -1.13. The van der Waals surface area contributed by atoms with Gasteiger partial charge in [0.25, 0.3) is 5.91 Å². The van der Waals surface area contributed by atoms with Gasteiger partial charge < -0.3 is 14.8 Å². The predicted octanol–water partition coefficient (Wildman–Crippen LogP) is 4.12. The molecule has 1 amide bonds. The molecule has 0 heterocycles. The Morgan fingerprint density at radius 1 is 1.04 bits per heavy atom. The van der Waals surface area contributed by atoms with E-state index in [2.05, 4.69) is 14.8 Å². The van der Waals surface area contributed by atoms with Crippen molar-refractivity contribution in [2.24, 2.45) is 0 Å². The van der Waals surface area contributed by atoms with Crippen LogP contribution in [0.4, 0.5) is 22.0 Å². The quantitative estimate of drug-likeness (QED) is 0.788. The average molecular weight is 361 g/mol. The van der Waals surface area contributed by atoms with E-state index in [0.717, 1.165) is 6.07 Å². The first-order valence-corrected chi connectivity index (χ1v) is 6.91. The van der Waals surface area contributed by atoms with Crippen LogP contribution < -0.4 is 14.8 Å². The number of para-hydroxylation sites is 1. The van der Waals surface area contributed by atoms with Crippen LogP contribution in [0, 0.1) is 0 Å². The van der Waals surface area contributed by atoms with Crippen LogP contribution >= 0.6 is 0 Å². The van der Waals surface area contributed by atoms with Crippen molar-refractivity contribution >= 4 is 5.91 Å². The molecule has 0 aromatic heterocycles. The maximum atomic E-state index is 12.3. The van der Waals surface area contributed by atoms with Gasteiger partial charge in [0.15, 0.2) is 0 Å². The number of nitrogens with one attached hydrogen (secondary N) is 1. The van der Waals surface area contributed by atoms with Crippen LogP contribution in [0.15, 0.2) is 48.5 Å². The molecule has 0 fully saturated rings. The summed E-state index contributed by atoms with van der Waals surface area (Å²) in [7, 11) is 0. The molecule has 9 heteroatoms. The largest absolute Gasteiger partial charge is 0.573 e. The maximum Gasteiger partial charge on any atom is 0.573 e. The van der Waals surface area contributed by atoms with Crippen molar-refractivity contribution in [3.05, 3.63) is 59.7 Å². The minimum Gasteiger partial charge on any atom is -0.435 e. The van der Waals surface area contributed by atoms with Crippen molar-refractivity contribution in [2.45, 2.75) is 19.5 Å². The van der Waals surface area contributed by atoms with Gasteiger partial charge in [-0.2, -0.15) is 8.78 Å². The van der Waals surface area contributed by atoms with E-state index in [1.54, 1.807) is 0 Å². The van der Waals surface area contributed by atoms with E-state index in [1.807, 2.05) is 0 Å². The summed E-state index contributed by atoms with van der Waals surface area (Å²) in [5, 5.41) is 2.43. The first-order chi connectivity index (χ1) is 11.7. The number of halogens is 5. The molecule has 2 aromatic rings. The number of hydrogen-bond donors (Lipinski definition) is 1. The molecule has 2 aromatic carbocycles. The zero-order chi connectivity index (χ0) is 18.4. The minimum atomic E-state index is -4.85. The van der Waals surface area contributed by atoms with Crippen molar-refractivity contribution in [2.75, 3.05) is 0 Å². The smallest absolute Gasteiger partial charge is 0.435 e. The molecule has 25 heavy (non-hydrogen) atoms. The molecule has 0 saturated heterocycles. The summed E-state index contributed by atoms with van der Waals surface area (Å²) in [6.45, 7) is -3.19. The van der Waals surface area contributed by atoms with Gasteiger partial charge in [0.2, 0.25) is 0 Å². The van der Waals surface area contributed by atoms with Gasteiger partial charge in [-0.15, -0.1) is 13.2 Å².